The van der Waals surface area contributed by atoms with E-state index in [-0.39, 0.29) is 18.3 Å². The van der Waals surface area contributed by atoms with Gasteiger partial charge in [0.25, 0.3) is 0 Å². The second-order valence-corrected chi connectivity index (χ2v) is 3.93. The van der Waals surface area contributed by atoms with E-state index in [1.54, 1.807) is 12.1 Å². The van der Waals surface area contributed by atoms with Crippen LogP contribution in [0.2, 0.25) is 0 Å². The number of carbonyl (C=O) groups is 1. The van der Waals surface area contributed by atoms with Crippen molar-refractivity contribution in [1.29, 1.82) is 0 Å². The van der Waals surface area contributed by atoms with Crippen LogP contribution in [0.5, 0.6) is 0 Å². The molecule has 1 aromatic carbocycles. The van der Waals surface area contributed by atoms with E-state index in [0.717, 1.165) is 5.56 Å². The lowest BCUT2D eigenvalue weighted by molar-refractivity contribution is -0.145. The monoisotopic (exact) mass is 210 g/mol. The van der Waals surface area contributed by atoms with Gasteiger partial charge in [0, 0.05) is 5.92 Å². The number of benzene rings is 1. The SMILES string of the molecule is O=C(O)C1(CO)CC1c1ccc(F)cc1. The number of aliphatic hydroxyl groups is 1. The third-order valence-corrected chi connectivity index (χ3v) is 3.06. The summed E-state index contributed by atoms with van der Waals surface area (Å²) in [6, 6.07) is 5.75. The molecule has 1 saturated carbocycles. The number of aliphatic carboxylic acids is 1. The standard InChI is InChI=1S/C11H11FO3/c12-8-3-1-7(2-4-8)9-5-11(9,6-13)10(14)15/h1-4,9,13H,5-6H2,(H,14,15). The minimum absolute atomic E-state index is 0.194. The molecule has 2 rings (SSSR count). The molecule has 1 aromatic rings. The summed E-state index contributed by atoms with van der Waals surface area (Å²) in [4.78, 5) is 10.9. The molecule has 0 heterocycles. The van der Waals surface area contributed by atoms with Crippen molar-refractivity contribution in [1.82, 2.24) is 0 Å². The fourth-order valence-electron chi connectivity index (χ4n) is 1.92. The van der Waals surface area contributed by atoms with E-state index in [2.05, 4.69) is 0 Å². The lowest BCUT2D eigenvalue weighted by atomic mass is 10.0. The Morgan fingerprint density at radius 2 is 2.07 bits per heavy atom. The Morgan fingerprint density at radius 1 is 1.47 bits per heavy atom. The Bertz CT molecular complexity index is 387. The van der Waals surface area contributed by atoms with Crippen LogP contribution in [-0.2, 0) is 4.79 Å². The van der Waals surface area contributed by atoms with Crippen LogP contribution in [0.25, 0.3) is 0 Å². The number of hydrogen-bond donors (Lipinski definition) is 2. The summed E-state index contributed by atoms with van der Waals surface area (Å²) in [5.41, 5.74) is -0.273. The highest BCUT2D eigenvalue weighted by Gasteiger charge is 2.60. The van der Waals surface area contributed by atoms with Gasteiger partial charge in [0.15, 0.2) is 0 Å². The third-order valence-electron chi connectivity index (χ3n) is 3.06. The number of carboxylic acids is 1. The molecule has 2 N–H and O–H groups in total. The maximum absolute atomic E-state index is 12.6. The molecule has 3 nitrogen and oxygen atoms in total. The van der Waals surface area contributed by atoms with Crippen molar-refractivity contribution >= 4 is 5.97 Å². The molecule has 0 amide bonds. The molecule has 0 bridgehead atoms. The van der Waals surface area contributed by atoms with Crippen LogP contribution in [-0.4, -0.2) is 22.8 Å². The van der Waals surface area contributed by atoms with E-state index in [1.807, 2.05) is 0 Å². The van der Waals surface area contributed by atoms with Gasteiger partial charge in [-0.05, 0) is 24.1 Å². The molecule has 0 aliphatic heterocycles. The van der Waals surface area contributed by atoms with Gasteiger partial charge >= 0.3 is 5.97 Å². The predicted molar refractivity (Wildman–Crippen MR) is 50.9 cm³/mol. The van der Waals surface area contributed by atoms with E-state index in [9.17, 15) is 9.18 Å². The fourth-order valence-corrected chi connectivity index (χ4v) is 1.92. The highest BCUT2D eigenvalue weighted by atomic mass is 19.1. The van der Waals surface area contributed by atoms with E-state index in [4.69, 9.17) is 10.2 Å². The summed E-state index contributed by atoms with van der Waals surface area (Å²) in [7, 11) is 0. The number of hydrogen-bond acceptors (Lipinski definition) is 2. The predicted octanol–water partition coefficient (Wildman–Crippen LogP) is 1.38. The Hall–Kier alpha value is -1.42. The first-order valence-electron chi connectivity index (χ1n) is 4.70. The first-order chi connectivity index (χ1) is 7.10. The summed E-state index contributed by atoms with van der Waals surface area (Å²) in [6.45, 7) is -0.371. The number of aliphatic hydroxyl groups excluding tert-OH is 1. The summed E-state index contributed by atoms with van der Waals surface area (Å²) < 4.78 is 12.6. The highest BCUT2D eigenvalue weighted by molar-refractivity contribution is 5.80. The highest BCUT2D eigenvalue weighted by Crippen LogP contribution is 2.59. The number of carboxylic acid groups (broad SMARTS) is 1. The van der Waals surface area contributed by atoms with Crippen molar-refractivity contribution in [2.24, 2.45) is 5.41 Å². The average molecular weight is 210 g/mol. The van der Waals surface area contributed by atoms with Crippen LogP contribution in [0, 0.1) is 11.2 Å². The maximum Gasteiger partial charge on any atom is 0.312 e. The fraction of sp³-hybridized carbons (Fsp3) is 0.364. The van der Waals surface area contributed by atoms with Crippen LogP contribution in [0.15, 0.2) is 24.3 Å². The Labute approximate surface area is 86.2 Å². The molecule has 4 heteroatoms. The molecule has 1 aliphatic carbocycles. The topological polar surface area (TPSA) is 57.5 Å². The van der Waals surface area contributed by atoms with E-state index < -0.39 is 11.4 Å². The van der Waals surface area contributed by atoms with E-state index in [0.29, 0.717) is 6.42 Å². The molecule has 0 aromatic heterocycles. The Kier molecular flexibility index (Phi) is 2.23. The van der Waals surface area contributed by atoms with Crippen molar-refractivity contribution < 1.29 is 19.4 Å². The second kappa shape index (κ2) is 3.31. The molecule has 1 fully saturated rings. The number of halogens is 1. The minimum atomic E-state index is -1.04. The van der Waals surface area contributed by atoms with Crippen molar-refractivity contribution in [3.05, 3.63) is 35.6 Å². The van der Waals surface area contributed by atoms with Crippen molar-refractivity contribution in [3.8, 4) is 0 Å². The summed E-state index contributed by atoms with van der Waals surface area (Å²) in [5.74, 6) is -1.52. The first-order valence-corrected chi connectivity index (χ1v) is 4.70. The molecular weight excluding hydrogens is 199 g/mol. The minimum Gasteiger partial charge on any atom is -0.481 e. The van der Waals surface area contributed by atoms with Gasteiger partial charge in [-0.2, -0.15) is 0 Å². The zero-order valence-electron chi connectivity index (χ0n) is 7.98. The molecule has 1 aliphatic rings. The average Bonchev–Trinajstić information content (AvgIpc) is 2.95. The molecule has 0 spiro atoms. The number of rotatable bonds is 3. The van der Waals surface area contributed by atoms with Crippen LogP contribution < -0.4 is 0 Å². The molecule has 15 heavy (non-hydrogen) atoms. The van der Waals surface area contributed by atoms with Crippen molar-refractivity contribution in [3.63, 3.8) is 0 Å². The molecular formula is C11H11FO3. The second-order valence-electron chi connectivity index (χ2n) is 3.93. The van der Waals surface area contributed by atoms with Gasteiger partial charge in [-0.1, -0.05) is 12.1 Å². The van der Waals surface area contributed by atoms with Crippen LogP contribution >= 0.6 is 0 Å². The van der Waals surface area contributed by atoms with Crippen molar-refractivity contribution in [2.45, 2.75) is 12.3 Å². The normalized spacial score (nSPS) is 28.8. The van der Waals surface area contributed by atoms with Gasteiger partial charge in [0.2, 0.25) is 0 Å². The smallest absolute Gasteiger partial charge is 0.312 e. The third kappa shape index (κ3) is 1.51. The maximum atomic E-state index is 12.6. The van der Waals surface area contributed by atoms with Gasteiger partial charge in [-0.3, -0.25) is 4.79 Å². The lowest BCUT2D eigenvalue weighted by Crippen LogP contribution is -2.21. The first kappa shape index (κ1) is 10.1. The quantitative estimate of drug-likeness (QED) is 0.792. The van der Waals surface area contributed by atoms with Crippen LogP contribution in [0.1, 0.15) is 17.9 Å². The van der Waals surface area contributed by atoms with E-state index >= 15 is 0 Å². The zero-order valence-corrected chi connectivity index (χ0v) is 7.98. The molecule has 0 radical (unpaired) electrons. The zero-order chi connectivity index (χ0) is 11.1. The van der Waals surface area contributed by atoms with Gasteiger partial charge in [0.1, 0.15) is 5.82 Å². The largest absolute Gasteiger partial charge is 0.481 e. The van der Waals surface area contributed by atoms with E-state index in [1.165, 1.54) is 12.1 Å². The van der Waals surface area contributed by atoms with Gasteiger partial charge in [-0.15, -0.1) is 0 Å². The lowest BCUT2D eigenvalue weighted by Gasteiger charge is -2.08. The Morgan fingerprint density at radius 3 is 2.47 bits per heavy atom. The Balaban J connectivity index is 2.22. The van der Waals surface area contributed by atoms with Crippen LogP contribution in [0.3, 0.4) is 0 Å². The summed E-state index contributed by atoms with van der Waals surface area (Å²) in [5, 5.41) is 18.0. The summed E-state index contributed by atoms with van der Waals surface area (Å²) >= 11 is 0. The summed E-state index contributed by atoms with van der Waals surface area (Å²) in [6.07, 6.45) is 0.421. The molecule has 2 atom stereocenters. The van der Waals surface area contributed by atoms with Gasteiger partial charge < -0.3 is 10.2 Å². The molecule has 0 saturated heterocycles. The molecule has 80 valence electrons. The van der Waals surface area contributed by atoms with Gasteiger partial charge in [0.05, 0.1) is 12.0 Å². The van der Waals surface area contributed by atoms with Crippen LogP contribution in [0.4, 0.5) is 4.39 Å². The molecule has 2 unspecified atom stereocenters. The van der Waals surface area contributed by atoms with Crippen molar-refractivity contribution in [2.75, 3.05) is 6.61 Å². The van der Waals surface area contributed by atoms with Gasteiger partial charge in [-0.25, -0.2) is 4.39 Å².